The van der Waals surface area contributed by atoms with Crippen LogP contribution in [0.25, 0.3) is 0 Å². The molecule has 2 N–H and O–H groups in total. The van der Waals surface area contributed by atoms with Gasteiger partial charge in [-0.3, -0.25) is 9.59 Å². The van der Waals surface area contributed by atoms with Gasteiger partial charge in [0.1, 0.15) is 5.75 Å². The molecule has 0 aliphatic carbocycles. The number of carbonyl (C=O) groups is 2. The first kappa shape index (κ1) is 16.5. The summed E-state index contributed by atoms with van der Waals surface area (Å²) in [5, 5.41) is 6.47. The van der Waals surface area contributed by atoms with Crippen molar-refractivity contribution in [2.24, 2.45) is 5.10 Å². The minimum absolute atomic E-state index is 0.343. The molecular formula is C16H14ClN3O3. The summed E-state index contributed by atoms with van der Waals surface area (Å²) in [5.74, 6) is -1.04. The molecule has 0 atom stereocenters. The maximum absolute atomic E-state index is 11.7. The van der Waals surface area contributed by atoms with Crippen LogP contribution in [0, 0.1) is 0 Å². The normalized spacial score (nSPS) is 10.3. The number of hydrazone groups is 1. The highest BCUT2D eigenvalue weighted by Gasteiger charge is 2.13. The van der Waals surface area contributed by atoms with Gasteiger partial charge in [0, 0.05) is 0 Å². The Morgan fingerprint density at radius 1 is 1.09 bits per heavy atom. The highest BCUT2D eigenvalue weighted by Crippen LogP contribution is 2.20. The van der Waals surface area contributed by atoms with Crippen LogP contribution in [0.2, 0.25) is 5.02 Å². The Morgan fingerprint density at radius 2 is 1.78 bits per heavy atom. The van der Waals surface area contributed by atoms with Crippen LogP contribution in [0.5, 0.6) is 5.75 Å². The fourth-order valence-electron chi connectivity index (χ4n) is 1.65. The van der Waals surface area contributed by atoms with Crippen LogP contribution in [0.1, 0.15) is 5.56 Å². The molecule has 2 rings (SSSR count). The van der Waals surface area contributed by atoms with Crippen molar-refractivity contribution in [3.63, 3.8) is 0 Å². The molecule has 0 radical (unpaired) electrons. The van der Waals surface area contributed by atoms with E-state index in [1.165, 1.54) is 6.21 Å². The van der Waals surface area contributed by atoms with Gasteiger partial charge in [-0.2, -0.15) is 5.10 Å². The first-order chi connectivity index (χ1) is 11.1. The van der Waals surface area contributed by atoms with Crippen LogP contribution >= 0.6 is 11.6 Å². The van der Waals surface area contributed by atoms with Gasteiger partial charge in [0.15, 0.2) is 0 Å². The average Bonchev–Trinajstić information content (AvgIpc) is 2.57. The molecule has 0 spiro atoms. The van der Waals surface area contributed by atoms with Crippen molar-refractivity contribution in [2.75, 3.05) is 12.4 Å². The summed E-state index contributed by atoms with van der Waals surface area (Å²) < 4.78 is 5.03. The predicted molar refractivity (Wildman–Crippen MR) is 88.8 cm³/mol. The van der Waals surface area contributed by atoms with Crippen molar-refractivity contribution in [2.45, 2.75) is 0 Å². The van der Waals surface area contributed by atoms with Gasteiger partial charge in [-0.25, -0.2) is 5.43 Å². The van der Waals surface area contributed by atoms with Crippen LogP contribution in [-0.2, 0) is 9.59 Å². The van der Waals surface area contributed by atoms with Crippen molar-refractivity contribution in [3.05, 3.63) is 59.1 Å². The van der Waals surface area contributed by atoms with Crippen LogP contribution in [0.3, 0.4) is 0 Å². The summed E-state index contributed by atoms with van der Waals surface area (Å²) in [6, 6.07) is 13.7. The number of hydrogen-bond donors (Lipinski definition) is 2. The van der Waals surface area contributed by atoms with E-state index in [4.69, 9.17) is 16.3 Å². The lowest BCUT2D eigenvalue weighted by Gasteiger charge is -2.05. The summed E-state index contributed by atoms with van der Waals surface area (Å²) in [5.41, 5.74) is 3.25. The second kappa shape index (κ2) is 7.95. The van der Waals surface area contributed by atoms with Crippen molar-refractivity contribution >= 4 is 35.3 Å². The Hall–Kier alpha value is -2.86. The van der Waals surface area contributed by atoms with Crippen LogP contribution in [-0.4, -0.2) is 25.1 Å². The van der Waals surface area contributed by atoms with E-state index in [1.54, 1.807) is 55.6 Å². The Balaban J connectivity index is 1.89. The summed E-state index contributed by atoms with van der Waals surface area (Å²) >= 11 is 5.90. The van der Waals surface area contributed by atoms with Crippen LogP contribution in [0.4, 0.5) is 5.69 Å². The Labute approximate surface area is 138 Å². The van der Waals surface area contributed by atoms with Gasteiger partial charge in [-0.15, -0.1) is 0 Å². The number of amides is 2. The minimum atomic E-state index is -0.894. The Kier molecular flexibility index (Phi) is 5.71. The zero-order chi connectivity index (χ0) is 16.7. The van der Waals surface area contributed by atoms with Crippen molar-refractivity contribution in [3.8, 4) is 5.75 Å². The number of hydrogen-bond acceptors (Lipinski definition) is 4. The topological polar surface area (TPSA) is 79.8 Å². The lowest BCUT2D eigenvalue weighted by molar-refractivity contribution is -0.136. The Morgan fingerprint density at radius 3 is 2.43 bits per heavy atom. The fraction of sp³-hybridized carbons (Fsp3) is 0.0625. The van der Waals surface area contributed by atoms with Gasteiger partial charge >= 0.3 is 11.8 Å². The monoisotopic (exact) mass is 331 g/mol. The van der Waals surface area contributed by atoms with Crippen molar-refractivity contribution in [1.29, 1.82) is 0 Å². The predicted octanol–water partition coefficient (Wildman–Crippen LogP) is 2.44. The van der Waals surface area contributed by atoms with Crippen molar-refractivity contribution in [1.82, 2.24) is 5.43 Å². The first-order valence-electron chi connectivity index (χ1n) is 6.63. The third-order valence-electron chi connectivity index (χ3n) is 2.82. The molecule has 2 aromatic carbocycles. The van der Waals surface area contributed by atoms with Gasteiger partial charge in [0.05, 0.1) is 24.0 Å². The number of nitrogens with one attached hydrogen (secondary N) is 2. The van der Waals surface area contributed by atoms with Gasteiger partial charge in [0.25, 0.3) is 0 Å². The Bertz CT molecular complexity index is 730. The molecule has 2 amide bonds. The highest BCUT2D eigenvalue weighted by atomic mass is 35.5. The van der Waals surface area contributed by atoms with Gasteiger partial charge < -0.3 is 10.1 Å². The van der Waals surface area contributed by atoms with Gasteiger partial charge in [-0.1, -0.05) is 23.7 Å². The van der Waals surface area contributed by atoms with Gasteiger partial charge in [0.2, 0.25) is 0 Å². The number of methoxy groups -OCH3 is 1. The molecule has 0 unspecified atom stereocenters. The molecule has 0 saturated carbocycles. The maximum atomic E-state index is 11.7. The summed E-state index contributed by atoms with van der Waals surface area (Å²) in [7, 11) is 1.57. The second-order valence-corrected chi connectivity index (χ2v) is 4.81. The van der Waals surface area contributed by atoms with E-state index in [0.29, 0.717) is 16.5 Å². The summed E-state index contributed by atoms with van der Waals surface area (Å²) in [6.45, 7) is 0. The van der Waals surface area contributed by atoms with Crippen LogP contribution < -0.4 is 15.5 Å². The number of rotatable bonds is 4. The minimum Gasteiger partial charge on any atom is -0.497 e. The number of para-hydroxylation sites is 1. The molecule has 0 saturated heterocycles. The summed E-state index contributed by atoms with van der Waals surface area (Å²) in [4.78, 5) is 23.4. The van der Waals surface area contributed by atoms with Crippen LogP contribution in [0.15, 0.2) is 53.6 Å². The van der Waals surface area contributed by atoms with E-state index >= 15 is 0 Å². The maximum Gasteiger partial charge on any atom is 0.329 e. The van der Waals surface area contributed by atoms with E-state index < -0.39 is 11.8 Å². The fourth-order valence-corrected chi connectivity index (χ4v) is 1.83. The number of anilines is 1. The van der Waals surface area contributed by atoms with Crippen molar-refractivity contribution < 1.29 is 14.3 Å². The zero-order valence-corrected chi connectivity index (χ0v) is 13.0. The number of carbonyl (C=O) groups excluding carboxylic acids is 2. The number of ether oxygens (including phenoxy) is 1. The van der Waals surface area contributed by atoms with Gasteiger partial charge in [-0.05, 0) is 42.0 Å². The van der Waals surface area contributed by atoms with E-state index in [-0.39, 0.29) is 0 Å². The third kappa shape index (κ3) is 4.82. The van der Waals surface area contributed by atoms with E-state index in [9.17, 15) is 9.59 Å². The zero-order valence-electron chi connectivity index (χ0n) is 12.2. The quantitative estimate of drug-likeness (QED) is 0.513. The van der Waals surface area contributed by atoms with E-state index in [0.717, 1.165) is 5.56 Å². The smallest absolute Gasteiger partial charge is 0.329 e. The molecule has 7 heteroatoms. The number of benzene rings is 2. The van der Waals surface area contributed by atoms with E-state index in [1.807, 2.05) is 0 Å². The highest BCUT2D eigenvalue weighted by molar-refractivity contribution is 6.41. The first-order valence-corrected chi connectivity index (χ1v) is 7.01. The molecule has 0 aliphatic rings. The molecule has 0 aromatic heterocycles. The van der Waals surface area contributed by atoms with E-state index in [2.05, 4.69) is 15.8 Å². The molecule has 0 fully saturated rings. The molecule has 2 aromatic rings. The molecular weight excluding hydrogens is 318 g/mol. The standard InChI is InChI=1S/C16H14ClN3O3/c1-23-12-8-6-11(7-9-12)10-18-20-16(22)15(21)19-14-5-3-2-4-13(14)17/h2-10H,1H3,(H,19,21)(H,20,22). The molecule has 0 heterocycles. The third-order valence-corrected chi connectivity index (χ3v) is 3.15. The molecule has 0 bridgehead atoms. The average molecular weight is 332 g/mol. The molecule has 23 heavy (non-hydrogen) atoms. The summed E-state index contributed by atoms with van der Waals surface area (Å²) in [6.07, 6.45) is 1.42. The lowest BCUT2D eigenvalue weighted by Crippen LogP contribution is -2.32. The second-order valence-electron chi connectivity index (χ2n) is 4.41. The molecule has 6 nitrogen and oxygen atoms in total. The molecule has 0 aliphatic heterocycles. The SMILES string of the molecule is COc1ccc(C=NNC(=O)C(=O)Nc2ccccc2Cl)cc1. The lowest BCUT2D eigenvalue weighted by atomic mass is 10.2. The number of nitrogens with zero attached hydrogens (tertiary/aromatic N) is 1. The molecule has 118 valence electrons. The largest absolute Gasteiger partial charge is 0.497 e. The number of halogens is 1.